The van der Waals surface area contributed by atoms with E-state index in [-0.39, 0.29) is 3.61 Å². The van der Waals surface area contributed by atoms with Crippen molar-refractivity contribution in [3.63, 3.8) is 0 Å². The molecule has 0 spiro atoms. The van der Waals surface area contributed by atoms with Gasteiger partial charge in [0.25, 0.3) is 0 Å². The Labute approximate surface area is 76.2 Å². The molecule has 0 aliphatic rings. The highest BCUT2D eigenvalue weighted by Gasteiger charge is 2.11. The van der Waals surface area contributed by atoms with Crippen molar-refractivity contribution in [2.75, 3.05) is 0 Å². The fraction of sp³-hybridized carbons (Fsp3) is 1.00. The van der Waals surface area contributed by atoms with Crippen molar-refractivity contribution in [1.82, 2.24) is 5.64 Å². The summed E-state index contributed by atoms with van der Waals surface area (Å²) in [5.74, 6) is 0. The molecule has 0 amide bonds. The minimum atomic E-state index is -0.219. The van der Waals surface area contributed by atoms with Crippen LogP contribution in [0.1, 0.15) is 13.8 Å². The molecule has 0 saturated carbocycles. The van der Waals surface area contributed by atoms with E-state index < -0.39 is 0 Å². The van der Waals surface area contributed by atoms with E-state index in [2.05, 4.69) is 31.4 Å². The van der Waals surface area contributed by atoms with E-state index in [0.717, 1.165) is 0 Å². The lowest BCUT2D eigenvalue weighted by Crippen LogP contribution is -2.23. The van der Waals surface area contributed by atoms with Crippen LogP contribution in [0, 0.1) is 0 Å². The van der Waals surface area contributed by atoms with E-state index in [1.54, 1.807) is 23.0 Å². The van der Waals surface area contributed by atoms with Gasteiger partial charge in [-0.3, -0.25) is 4.84 Å². The molecule has 3 nitrogen and oxygen atoms in total. The number of halogens is 2. The Morgan fingerprint density at radius 1 is 1.50 bits per heavy atom. The van der Waals surface area contributed by atoms with Gasteiger partial charge in [-0.05, 0) is 36.4 Å². The highest BCUT2D eigenvalue weighted by molar-refractivity contribution is 14.1. The lowest BCUT2D eigenvalue weighted by atomic mass is 10.5. The summed E-state index contributed by atoms with van der Waals surface area (Å²) in [7, 11) is 0. The second-order valence-corrected chi connectivity index (χ2v) is 4.66. The van der Waals surface area contributed by atoms with Crippen LogP contribution >= 0.6 is 45.6 Å². The average Bonchev–Trinajstić information content (AvgIpc) is 1.59. The molecule has 0 aromatic carbocycles. The topological polar surface area (TPSA) is 30.5 Å². The first-order chi connectivity index (χ1) is 3.56. The van der Waals surface area contributed by atoms with E-state index in [4.69, 9.17) is 4.84 Å². The van der Waals surface area contributed by atoms with E-state index in [1.807, 2.05) is 13.8 Å². The van der Waals surface area contributed by atoms with Gasteiger partial charge in [-0.2, -0.15) is 0 Å². The van der Waals surface area contributed by atoms with Crippen LogP contribution in [0.3, 0.4) is 0 Å². The predicted octanol–water partition coefficient (Wildman–Crippen LogP) is 1.96. The molecule has 0 saturated heterocycles. The molecule has 50 valence electrons. The van der Waals surface area contributed by atoms with Crippen molar-refractivity contribution >= 4 is 45.6 Å². The Morgan fingerprint density at radius 3 is 2.12 bits per heavy atom. The van der Waals surface area contributed by atoms with Crippen molar-refractivity contribution < 1.29 is 8.00 Å². The molecule has 8 heavy (non-hydrogen) atoms. The van der Waals surface area contributed by atoms with Crippen LogP contribution in [0.4, 0.5) is 0 Å². The van der Waals surface area contributed by atoms with Gasteiger partial charge in [0.1, 0.15) is 26.6 Å². The molecule has 0 bridgehead atoms. The second-order valence-electron chi connectivity index (χ2n) is 1.63. The molecule has 0 unspecified atom stereocenters. The molecule has 0 rings (SSSR count). The van der Waals surface area contributed by atoms with Crippen LogP contribution in [-0.4, -0.2) is 3.61 Å². The fourth-order valence-corrected chi connectivity index (χ4v) is 0.295. The second kappa shape index (κ2) is 4.20. The first-order valence-electron chi connectivity index (χ1n) is 1.96. The van der Waals surface area contributed by atoms with Crippen molar-refractivity contribution in [1.29, 1.82) is 0 Å². The number of hydrogen-bond acceptors (Lipinski definition) is 3. The summed E-state index contributed by atoms with van der Waals surface area (Å²) in [5, 5.41) is 0. The van der Waals surface area contributed by atoms with Gasteiger partial charge >= 0.3 is 0 Å². The lowest BCUT2D eigenvalue weighted by molar-refractivity contribution is -0.119. The summed E-state index contributed by atoms with van der Waals surface area (Å²) in [6.45, 7) is 3.83. The van der Waals surface area contributed by atoms with Gasteiger partial charge in [-0.1, -0.05) is 5.64 Å². The SMILES string of the molecule is CC(C)(I)ONOI. The molecule has 0 aromatic rings. The molecular weight excluding hydrogens is 336 g/mol. The van der Waals surface area contributed by atoms with Gasteiger partial charge in [0.15, 0.2) is 0 Å². The average molecular weight is 343 g/mol. The minimum absolute atomic E-state index is 0.219. The molecule has 5 heteroatoms. The molecule has 0 atom stereocenters. The van der Waals surface area contributed by atoms with Crippen molar-refractivity contribution in [2.45, 2.75) is 17.5 Å². The Balaban J connectivity index is 3.11. The van der Waals surface area contributed by atoms with Crippen LogP contribution in [0.15, 0.2) is 0 Å². The molecule has 0 radical (unpaired) electrons. The first kappa shape index (κ1) is 9.34. The van der Waals surface area contributed by atoms with Gasteiger partial charge in [0.05, 0.1) is 0 Å². The summed E-state index contributed by atoms with van der Waals surface area (Å²) in [5.41, 5.74) is 2.27. The summed E-state index contributed by atoms with van der Waals surface area (Å²) in [6.07, 6.45) is 0. The quantitative estimate of drug-likeness (QED) is 0.483. The summed E-state index contributed by atoms with van der Waals surface area (Å²) >= 11 is 3.82. The van der Waals surface area contributed by atoms with Crippen LogP contribution in [0.2, 0.25) is 0 Å². The zero-order chi connectivity index (χ0) is 6.62. The maximum atomic E-state index is 4.89. The molecule has 0 aliphatic carbocycles. The number of rotatable bonds is 3. The van der Waals surface area contributed by atoms with Crippen LogP contribution < -0.4 is 5.64 Å². The first-order valence-corrected chi connectivity index (χ1v) is 3.92. The van der Waals surface area contributed by atoms with E-state index in [0.29, 0.717) is 0 Å². The molecule has 0 fully saturated rings. The Hall–Kier alpha value is 1.34. The Morgan fingerprint density at radius 2 is 2.00 bits per heavy atom. The predicted molar refractivity (Wildman–Crippen MR) is 47.4 cm³/mol. The molecule has 0 aromatic heterocycles. The summed E-state index contributed by atoms with van der Waals surface area (Å²) in [6, 6.07) is 0. The van der Waals surface area contributed by atoms with Crippen LogP contribution in [-0.2, 0) is 8.00 Å². The zero-order valence-corrected chi connectivity index (χ0v) is 8.89. The van der Waals surface area contributed by atoms with Crippen molar-refractivity contribution in [3.05, 3.63) is 0 Å². The molecule has 0 heterocycles. The monoisotopic (exact) mass is 343 g/mol. The molecular formula is C3H7I2NO2. The van der Waals surface area contributed by atoms with Crippen LogP contribution in [0.25, 0.3) is 0 Å². The van der Waals surface area contributed by atoms with Crippen molar-refractivity contribution in [3.8, 4) is 0 Å². The van der Waals surface area contributed by atoms with Gasteiger partial charge < -0.3 is 0 Å². The molecule has 0 aliphatic heterocycles. The van der Waals surface area contributed by atoms with Gasteiger partial charge in [-0.15, -0.1) is 0 Å². The highest BCUT2D eigenvalue weighted by atomic mass is 127. The third-order valence-corrected chi connectivity index (χ3v) is 0.716. The Bertz CT molecular complexity index is 62.8. The van der Waals surface area contributed by atoms with E-state index in [9.17, 15) is 0 Å². The van der Waals surface area contributed by atoms with Gasteiger partial charge in [-0.25, -0.2) is 3.17 Å². The van der Waals surface area contributed by atoms with E-state index >= 15 is 0 Å². The Kier molecular flexibility index (Phi) is 4.91. The minimum Gasteiger partial charge on any atom is -0.259 e. The zero-order valence-electron chi connectivity index (χ0n) is 4.57. The summed E-state index contributed by atoms with van der Waals surface area (Å²) in [4.78, 5) is 4.89. The number of alkyl halides is 1. The van der Waals surface area contributed by atoms with Crippen LogP contribution in [0.5, 0.6) is 0 Å². The standard InChI is InChI=1S/C3H7I2NO2/c1-3(2,4)7-6-8-5/h6H,1-2H3. The largest absolute Gasteiger partial charge is 0.259 e. The number of nitrogens with one attached hydrogen (secondary N) is 1. The van der Waals surface area contributed by atoms with Gasteiger partial charge in [0.2, 0.25) is 0 Å². The third kappa shape index (κ3) is 7.34. The van der Waals surface area contributed by atoms with Gasteiger partial charge in [0, 0.05) is 0 Å². The fourth-order valence-electron chi connectivity index (χ4n) is 0.115. The third-order valence-electron chi connectivity index (χ3n) is 0.316. The highest BCUT2D eigenvalue weighted by Crippen LogP contribution is 2.15. The molecule has 1 N–H and O–H groups in total. The lowest BCUT2D eigenvalue weighted by Gasteiger charge is -2.14. The maximum Gasteiger partial charge on any atom is 0.139 e. The smallest absolute Gasteiger partial charge is 0.139 e. The summed E-state index contributed by atoms with van der Waals surface area (Å²) < 4.78 is 4.19. The van der Waals surface area contributed by atoms with Crippen molar-refractivity contribution in [2.24, 2.45) is 0 Å². The normalized spacial score (nSPS) is 12.0. The maximum absolute atomic E-state index is 4.89. The van der Waals surface area contributed by atoms with E-state index in [1.165, 1.54) is 0 Å². The number of hydrogen-bond donors (Lipinski definition) is 1.